The number of nitrogens with zero attached hydrogens (tertiary/aromatic N) is 1. The molecule has 0 aliphatic rings. The summed E-state index contributed by atoms with van der Waals surface area (Å²) in [5, 5.41) is 0. The maximum Gasteiger partial charge on any atom is 0.223 e. The topological polar surface area (TPSA) is 20.3 Å². The van der Waals surface area contributed by atoms with Crippen LogP contribution in [0.25, 0.3) is 0 Å². The molecule has 2 nitrogen and oxygen atoms in total. The van der Waals surface area contributed by atoms with Gasteiger partial charge in [-0.3, -0.25) is 4.79 Å². The van der Waals surface area contributed by atoms with E-state index in [2.05, 4.69) is 32.9 Å². The third kappa shape index (κ3) is 3.88. The average Bonchev–Trinajstić information content (AvgIpc) is 2.37. The molecule has 1 aromatic rings. The third-order valence-corrected chi connectivity index (χ3v) is 3.49. The summed E-state index contributed by atoms with van der Waals surface area (Å²) >= 11 is 0. The number of hydrogen-bond donors (Lipinski definition) is 0. The van der Waals surface area contributed by atoms with Gasteiger partial charge in [0.25, 0.3) is 0 Å². The second kappa shape index (κ2) is 6.43. The highest BCUT2D eigenvalue weighted by Gasteiger charge is 2.17. The molecule has 1 aromatic carbocycles. The SMILES string of the molecule is CCC(C)N(C)C(=O)CC(C)c1ccccc1. The van der Waals surface area contributed by atoms with Crippen molar-refractivity contribution in [3.8, 4) is 0 Å². The van der Waals surface area contributed by atoms with Crippen molar-refractivity contribution in [2.45, 2.75) is 45.6 Å². The fourth-order valence-electron chi connectivity index (χ4n) is 1.83. The van der Waals surface area contributed by atoms with E-state index in [1.807, 2.05) is 30.1 Å². The molecule has 2 heteroatoms. The smallest absolute Gasteiger partial charge is 0.223 e. The molecule has 0 heterocycles. The van der Waals surface area contributed by atoms with Crippen molar-refractivity contribution in [3.63, 3.8) is 0 Å². The van der Waals surface area contributed by atoms with E-state index in [-0.39, 0.29) is 11.8 Å². The molecule has 2 unspecified atom stereocenters. The zero-order valence-corrected chi connectivity index (χ0v) is 11.3. The summed E-state index contributed by atoms with van der Waals surface area (Å²) in [6.45, 7) is 6.30. The van der Waals surface area contributed by atoms with Gasteiger partial charge in [-0.05, 0) is 24.8 Å². The van der Waals surface area contributed by atoms with Crippen LogP contribution in [-0.2, 0) is 4.79 Å². The van der Waals surface area contributed by atoms with Gasteiger partial charge in [0.05, 0.1) is 0 Å². The van der Waals surface area contributed by atoms with Crippen LogP contribution in [0.15, 0.2) is 30.3 Å². The van der Waals surface area contributed by atoms with Gasteiger partial charge >= 0.3 is 0 Å². The lowest BCUT2D eigenvalue weighted by atomic mass is 9.97. The van der Waals surface area contributed by atoms with Crippen molar-refractivity contribution in [3.05, 3.63) is 35.9 Å². The maximum absolute atomic E-state index is 12.1. The molecule has 0 aliphatic heterocycles. The molecular formula is C15H23NO. The van der Waals surface area contributed by atoms with Crippen LogP contribution in [-0.4, -0.2) is 23.9 Å². The van der Waals surface area contributed by atoms with Crippen LogP contribution in [0.4, 0.5) is 0 Å². The van der Waals surface area contributed by atoms with Gasteiger partial charge in [-0.25, -0.2) is 0 Å². The second-order valence-electron chi connectivity index (χ2n) is 4.78. The van der Waals surface area contributed by atoms with Crippen molar-refractivity contribution in [1.82, 2.24) is 4.90 Å². The Bertz CT molecular complexity index is 347. The van der Waals surface area contributed by atoms with Crippen molar-refractivity contribution in [2.24, 2.45) is 0 Å². The van der Waals surface area contributed by atoms with Crippen LogP contribution in [0.5, 0.6) is 0 Å². The first-order chi connectivity index (χ1) is 8.06. The van der Waals surface area contributed by atoms with Crippen LogP contribution < -0.4 is 0 Å². The Balaban J connectivity index is 2.57. The largest absolute Gasteiger partial charge is 0.343 e. The molecule has 1 amide bonds. The summed E-state index contributed by atoms with van der Waals surface area (Å²) in [4.78, 5) is 13.9. The molecule has 0 N–H and O–H groups in total. The van der Waals surface area contributed by atoms with Crippen molar-refractivity contribution < 1.29 is 4.79 Å². The number of amides is 1. The first kappa shape index (κ1) is 13.8. The van der Waals surface area contributed by atoms with Gasteiger partial charge in [-0.2, -0.15) is 0 Å². The number of benzene rings is 1. The van der Waals surface area contributed by atoms with Crippen LogP contribution in [0.2, 0.25) is 0 Å². The highest BCUT2D eigenvalue weighted by atomic mass is 16.2. The summed E-state index contributed by atoms with van der Waals surface area (Å²) in [6, 6.07) is 10.5. The Morgan fingerprint density at radius 1 is 1.24 bits per heavy atom. The molecule has 0 saturated carbocycles. The van der Waals surface area contributed by atoms with Crippen LogP contribution in [0, 0.1) is 0 Å². The standard InChI is InChI=1S/C15H23NO/c1-5-13(3)16(4)15(17)11-12(2)14-9-7-6-8-10-14/h6-10,12-13H,5,11H2,1-4H3. The average molecular weight is 233 g/mol. The first-order valence-electron chi connectivity index (χ1n) is 6.36. The normalized spacial score (nSPS) is 14.1. The van der Waals surface area contributed by atoms with Crippen molar-refractivity contribution >= 4 is 5.91 Å². The number of carbonyl (C=O) groups excluding carboxylic acids is 1. The van der Waals surface area contributed by atoms with E-state index >= 15 is 0 Å². The molecule has 17 heavy (non-hydrogen) atoms. The fraction of sp³-hybridized carbons (Fsp3) is 0.533. The molecule has 0 fully saturated rings. The molecule has 0 spiro atoms. The highest BCUT2D eigenvalue weighted by molar-refractivity contribution is 5.77. The molecule has 0 bridgehead atoms. The van der Waals surface area contributed by atoms with Gasteiger partial charge in [-0.15, -0.1) is 0 Å². The Labute approximate surface area is 105 Å². The monoisotopic (exact) mass is 233 g/mol. The number of carbonyl (C=O) groups is 1. The summed E-state index contributed by atoms with van der Waals surface area (Å²) in [5.74, 6) is 0.519. The number of hydrogen-bond acceptors (Lipinski definition) is 1. The quantitative estimate of drug-likeness (QED) is 0.763. The van der Waals surface area contributed by atoms with Crippen LogP contribution in [0.3, 0.4) is 0 Å². The van der Waals surface area contributed by atoms with Gasteiger partial charge in [0.2, 0.25) is 5.91 Å². The van der Waals surface area contributed by atoms with E-state index in [1.165, 1.54) is 5.56 Å². The molecular weight excluding hydrogens is 210 g/mol. The maximum atomic E-state index is 12.1. The summed E-state index contributed by atoms with van der Waals surface area (Å²) in [6.07, 6.45) is 1.59. The Morgan fingerprint density at radius 2 is 1.82 bits per heavy atom. The van der Waals surface area contributed by atoms with E-state index in [1.54, 1.807) is 0 Å². The third-order valence-electron chi connectivity index (χ3n) is 3.49. The van der Waals surface area contributed by atoms with Gasteiger partial charge in [0.1, 0.15) is 0 Å². The van der Waals surface area contributed by atoms with E-state index < -0.39 is 0 Å². The minimum Gasteiger partial charge on any atom is -0.343 e. The Kier molecular flexibility index (Phi) is 5.20. The summed E-state index contributed by atoms with van der Waals surface area (Å²) in [5.41, 5.74) is 1.23. The van der Waals surface area contributed by atoms with Gasteiger partial charge in [0.15, 0.2) is 0 Å². The molecule has 1 rings (SSSR count). The zero-order chi connectivity index (χ0) is 12.8. The highest BCUT2D eigenvalue weighted by Crippen LogP contribution is 2.19. The van der Waals surface area contributed by atoms with Gasteiger partial charge in [0, 0.05) is 19.5 Å². The minimum absolute atomic E-state index is 0.232. The minimum atomic E-state index is 0.232. The molecule has 0 aromatic heterocycles. The van der Waals surface area contributed by atoms with Crippen LogP contribution >= 0.6 is 0 Å². The van der Waals surface area contributed by atoms with Gasteiger partial charge in [-0.1, -0.05) is 44.2 Å². The lowest BCUT2D eigenvalue weighted by Crippen LogP contribution is -2.35. The van der Waals surface area contributed by atoms with Crippen LogP contribution in [0.1, 0.15) is 45.1 Å². The second-order valence-corrected chi connectivity index (χ2v) is 4.78. The summed E-state index contributed by atoms with van der Waals surface area (Å²) in [7, 11) is 1.90. The molecule has 2 atom stereocenters. The molecule has 0 radical (unpaired) electrons. The Hall–Kier alpha value is -1.31. The molecule has 0 saturated heterocycles. The lowest BCUT2D eigenvalue weighted by molar-refractivity contribution is -0.132. The molecule has 0 aliphatic carbocycles. The van der Waals surface area contributed by atoms with E-state index in [0.717, 1.165) is 6.42 Å². The predicted octanol–water partition coefficient (Wildman–Crippen LogP) is 3.44. The summed E-state index contributed by atoms with van der Waals surface area (Å²) < 4.78 is 0. The van der Waals surface area contributed by atoms with Gasteiger partial charge < -0.3 is 4.90 Å². The van der Waals surface area contributed by atoms with E-state index in [0.29, 0.717) is 12.5 Å². The van der Waals surface area contributed by atoms with E-state index in [4.69, 9.17) is 0 Å². The van der Waals surface area contributed by atoms with Crippen molar-refractivity contribution in [2.75, 3.05) is 7.05 Å². The Morgan fingerprint density at radius 3 is 2.35 bits per heavy atom. The number of rotatable bonds is 5. The zero-order valence-electron chi connectivity index (χ0n) is 11.3. The predicted molar refractivity (Wildman–Crippen MR) is 72.0 cm³/mol. The molecule has 94 valence electrons. The fourth-order valence-corrected chi connectivity index (χ4v) is 1.83. The van der Waals surface area contributed by atoms with Crippen molar-refractivity contribution in [1.29, 1.82) is 0 Å². The first-order valence-corrected chi connectivity index (χ1v) is 6.36. The lowest BCUT2D eigenvalue weighted by Gasteiger charge is -2.25. The van der Waals surface area contributed by atoms with E-state index in [9.17, 15) is 4.79 Å².